The minimum atomic E-state index is 0.327. The van der Waals surface area contributed by atoms with Crippen LogP contribution in [0.4, 0.5) is 0 Å². The second-order valence-electron chi connectivity index (χ2n) is 2.33. The quantitative estimate of drug-likeness (QED) is 0.442. The Balaban J connectivity index is 2.04. The summed E-state index contributed by atoms with van der Waals surface area (Å²) in [6, 6.07) is 0. The van der Waals surface area contributed by atoms with Crippen LogP contribution in [0, 0.1) is 0 Å². The molecule has 0 N–H and O–H groups in total. The molecular formula is C5H8O2Si. The highest BCUT2D eigenvalue weighted by Gasteiger charge is 2.34. The summed E-state index contributed by atoms with van der Waals surface area (Å²) < 4.78 is 10.6. The van der Waals surface area contributed by atoms with E-state index >= 15 is 0 Å². The third-order valence-electron chi connectivity index (χ3n) is 1.79. The van der Waals surface area contributed by atoms with Crippen LogP contribution < -0.4 is 0 Å². The molecule has 0 aromatic carbocycles. The molecule has 2 rings (SSSR count). The third-order valence-corrected chi connectivity index (χ3v) is 2.59. The molecule has 1 saturated heterocycles. The Kier molecular flexibility index (Phi) is 1.13. The van der Waals surface area contributed by atoms with E-state index in [1.807, 2.05) is 0 Å². The van der Waals surface area contributed by atoms with E-state index in [0.29, 0.717) is 22.2 Å². The monoisotopic (exact) mass is 128 g/mol. The Labute approximate surface area is 51.2 Å². The van der Waals surface area contributed by atoms with Crippen LogP contribution in [-0.2, 0) is 8.85 Å². The topological polar surface area (TPSA) is 18.5 Å². The molecule has 1 aliphatic heterocycles. The molecule has 0 aromatic rings. The molecule has 0 unspecified atom stereocenters. The third kappa shape index (κ3) is 0.622. The summed E-state index contributed by atoms with van der Waals surface area (Å²) in [5.74, 6) is 0. The van der Waals surface area contributed by atoms with Gasteiger partial charge in [0.1, 0.15) is 0 Å². The molecule has 0 amide bonds. The van der Waals surface area contributed by atoms with Gasteiger partial charge in [0.05, 0.1) is 12.2 Å². The summed E-state index contributed by atoms with van der Waals surface area (Å²) >= 11 is 0. The van der Waals surface area contributed by atoms with Crippen LogP contribution in [0.2, 0.25) is 0 Å². The summed E-state index contributed by atoms with van der Waals surface area (Å²) in [6.45, 7) is 0. The van der Waals surface area contributed by atoms with Crippen LogP contribution in [0.15, 0.2) is 0 Å². The first-order valence-electron chi connectivity index (χ1n) is 3.03. The maximum absolute atomic E-state index is 5.28. The van der Waals surface area contributed by atoms with Crippen molar-refractivity contribution in [3.63, 3.8) is 0 Å². The van der Waals surface area contributed by atoms with Gasteiger partial charge in [0.15, 0.2) is 0 Å². The van der Waals surface area contributed by atoms with Gasteiger partial charge >= 0.3 is 10.0 Å². The summed E-state index contributed by atoms with van der Waals surface area (Å²) in [5.41, 5.74) is 0. The lowest BCUT2D eigenvalue weighted by molar-refractivity contribution is 0.187. The Hall–Kier alpha value is 0.137. The minimum Gasteiger partial charge on any atom is -0.387 e. The zero-order valence-electron chi connectivity index (χ0n) is 4.59. The van der Waals surface area contributed by atoms with Crippen molar-refractivity contribution in [3.8, 4) is 0 Å². The molecule has 1 aliphatic carbocycles. The van der Waals surface area contributed by atoms with Crippen LogP contribution >= 0.6 is 0 Å². The van der Waals surface area contributed by atoms with Crippen LogP contribution in [0.1, 0.15) is 19.3 Å². The molecule has 3 heteroatoms. The fraction of sp³-hybridized carbons (Fsp3) is 1.00. The molecular weight excluding hydrogens is 120 g/mol. The average Bonchev–Trinajstić information content (AvgIpc) is 2.15. The smallest absolute Gasteiger partial charge is 0.387 e. The SMILES string of the molecule is C1C[C@@H]2O[Si]O[C@@H]2C1. The lowest BCUT2D eigenvalue weighted by Gasteiger charge is -2.03. The second kappa shape index (κ2) is 1.82. The van der Waals surface area contributed by atoms with Gasteiger partial charge in [0.25, 0.3) is 0 Å². The molecule has 2 radical (unpaired) electrons. The van der Waals surface area contributed by atoms with Crippen molar-refractivity contribution in [3.05, 3.63) is 0 Å². The largest absolute Gasteiger partial charge is 0.434 e. The number of rotatable bonds is 0. The zero-order valence-corrected chi connectivity index (χ0v) is 5.59. The van der Waals surface area contributed by atoms with Crippen LogP contribution in [0.25, 0.3) is 0 Å². The van der Waals surface area contributed by atoms with E-state index < -0.39 is 0 Å². The summed E-state index contributed by atoms with van der Waals surface area (Å²) in [7, 11) is 0.327. The van der Waals surface area contributed by atoms with E-state index in [1.54, 1.807) is 0 Å². The van der Waals surface area contributed by atoms with Crippen molar-refractivity contribution in [1.29, 1.82) is 0 Å². The van der Waals surface area contributed by atoms with Crippen molar-refractivity contribution < 1.29 is 8.85 Å². The molecule has 1 heterocycles. The van der Waals surface area contributed by atoms with E-state index in [1.165, 1.54) is 19.3 Å². The summed E-state index contributed by atoms with van der Waals surface area (Å²) in [6.07, 6.45) is 4.66. The van der Waals surface area contributed by atoms with E-state index in [4.69, 9.17) is 8.85 Å². The molecule has 1 saturated carbocycles. The second-order valence-corrected chi connectivity index (χ2v) is 2.96. The lowest BCUT2D eigenvalue weighted by Crippen LogP contribution is -2.13. The van der Waals surface area contributed by atoms with Gasteiger partial charge in [-0.15, -0.1) is 0 Å². The van der Waals surface area contributed by atoms with Crippen molar-refractivity contribution in [2.45, 2.75) is 31.5 Å². The molecule has 2 aliphatic rings. The van der Waals surface area contributed by atoms with Crippen molar-refractivity contribution in [2.75, 3.05) is 0 Å². The number of fused-ring (bicyclic) bond motifs is 1. The first-order chi connectivity index (χ1) is 3.97. The molecule has 0 spiro atoms. The van der Waals surface area contributed by atoms with Gasteiger partial charge in [-0.3, -0.25) is 0 Å². The van der Waals surface area contributed by atoms with Gasteiger partial charge in [-0.25, -0.2) is 0 Å². The van der Waals surface area contributed by atoms with Gasteiger partial charge in [-0.1, -0.05) is 0 Å². The normalized spacial score (nSPS) is 45.0. The van der Waals surface area contributed by atoms with E-state index in [9.17, 15) is 0 Å². The minimum absolute atomic E-state index is 0.327. The Morgan fingerprint density at radius 1 is 1.12 bits per heavy atom. The summed E-state index contributed by atoms with van der Waals surface area (Å²) in [4.78, 5) is 0. The molecule has 2 fully saturated rings. The van der Waals surface area contributed by atoms with Gasteiger partial charge in [0.2, 0.25) is 0 Å². The predicted octanol–water partition coefficient (Wildman–Crippen LogP) is 0.488. The van der Waals surface area contributed by atoms with Crippen molar-refractivity contribution in [1.82, 2.24) is 0 Å². The van der Waals surface area contributed by atoms with Crippen molar-refractivity contribution >= 4 is 10.0 Å². The fourth-order valence-corrected chi connectivity index (χ4v) is 2.16. The highest BCUT2D eigenvalue weighted by Crippen LogP contribution is 2.27. The van der Waals surface area contributed by atoms with Crippen LogP contribution in [0.5, 0.6) is 0 Å². The molecule has 8 heavy (non-hydrogen) atoms. The maximum Gasteiger partial charge on any atom is 0.434 e. The molecule has 2 nitrogen and oxygen atoms in total. The Bertz CT molecular complexity index is 76.4. The highest BCUT2D eigenvalue weighted by atomic mass is 28.3. The molecule has 2 atom stereocenters. The first kappa shape index (κ1) is 4.96. The standard InChI is InChI=1S/C5H8O2Si/c1-2-4-5(3-1)7-8-6-4/h4-5H,1-3H2/t4-,5+. The van der Waals surface area contributed by atoms with Gasteiger partial charge in [0, 0.05) is 0 Å². The first-order valence-corrected chi connectivity index (χ1v) is 3.85. The Morgan fingerprint density at radius 2 is 1.75 bits per heavy atom. The number of hydrogen-bond acceptors (Lipinski definition) is 2. The zero-order chi connectivity index (χ0) is 5.40. The van der Waals surface area contributed by atoms with Gasteiger partial charge in [-0.05, 0) is 19.3 Å². The fourth-order valence-electron chi connectivity index (χ4n) is 1.31. The van der Waals surface area contributed by atoms with E-state index in [2.05, 4.69) is 0 Å². The highest BCUT2D eigenvalue weighted by molar-refractivity contribution is 6.19. The van der Waals surface area contributed by atoms with Crippen molar-refractivity contribution in [2.24, 2.45) is 0 Å². The van der Waals surface area contributed by atoms with E-state index in [0.717, 1.165) is 0 Å². The molecule has 44 valence electrons. The van der Waals surface area contributed by atoms with Crippen LogP contribution in [-0.4, -0.2) is 22.2 Å². The molecule has 0 bridgehead atoms. The number of hydrogen-bond donors (Lipinski definition) is 0. The molecule has 0 aromatic heterocycles. The van der Waals surface area contributed by atoms with Gasteiger partial charge < -0.3 is 8.85 Å². The van der Waals surface area contributed by atoms with Gasteiger partial charge in [-0.2, -0.15) is 0 Å². The van der Waals surface area contributed by atoms with Crippen LogP contribution in [0.3, 0.4) is 0 Å². The Morgan fingerprint density at radius 3 is 2.38 bits per heavy atom. The summed E-state index contributed by atoms with van der Waals surface area (Å²) in [5, 5.41) is 0. The average molecular weight is 128 g/mol. The predicted molar refractivity (Wildman–Crippen MR) is 29.4 cm³/mol. The lowest BCUT2D eigenvalue weighted by atomic mass is 10.3. The maximum atomic E-state index is 5.28. The van der Waals surface area contributed by atoms with E-state index in [-0.39, 0.29) is 0 Å².